The zero-order valence-electron chi connectivity index (χ0n) is 12.2. The lowest BCUT2D eigenvalue weighted by molar-refractivity contribution is -0.384. The van der Waals surface area contributed by atoms with Gasteiger partial charge in [0.1, 0.15) is 11.9 Å². The minimum Gasteiger partial charge on any atom is -0.426 e. The van der Waals surface area contributed by atoms with Crippen molar-refractivity contribution in [2.75, 3.05) is 0 Å². The number of hydrogen-bond acceptors (Lipinski definition) is 5. The fourth-order valence-corrected chi connectivity index (χ4v) is 1.81. The van der Waals surface area contributed by atoms with Gasteiger partial charge in [0, 0.05) is 12.1 Å². The van der Waals surface area contributed by atoms with Crippen LogP contribution in [0.4, 0.5) is 10.5 Å². The number of carbonyl (C=O) groups excluding carboxylic acids is 1. The SMILES string of the molecule is Cc1ccc([C@@H](C)OC(=O)Oc2ccc([N+](=O)[O-])cc2)cc1. The lowest BCUT2D eigenvalue weighted by Gasteiger charge is -2.13. The summed E-state index contributed by atoms with van der Waals surface area (Å²) in [6.07, 6.45) is -1.31. The van der Waals surface area contributed by atoms with E-state index < -0.39 is 17.2 Å². The van der Waals surface area contributed by atoms with Crippen LogP contribution in [0.5, 0.6) is 5.75 Å². The average Bonchev–Trinajstić information content (AvgIpc) is 2.48. The topological polar surface area (TPSA) is 78.7 Å². The summed E-state index contributed by atoms with van der Waals surface area (Å²) in [6, 6.07) is 12.8. The van der Waals surface area contributed by atoms with Gasteiger partial charge in [-0.15, -0.1) is 0 Å². The molecule has 2 rings (SSSR count). The molecule has 0 heterocycles. The molecule has 0 spiro atoms. The van der Waals surface area contributed by atoms with Gasteiger partial charge in [-0.25, -0.2) is 4.79 Å². The Labute approximate surface area is 127 Å². The average molecular weight is 301 g/mol. The van der Waals surface area contributed by atoms with Crippen LogP contribution >= 0.6 is 0 Å². The Balaban J connectivity index is 1.94. The van der Waals surface area contributed by atoms with Crippen LogP contribution in [-0.2, 0) is 4.74 Å². The number of carbonyl (C=O) groups is 1. The Morgan fingerprint density at radius 1 is 1.09 bits per heavy atom. The summed E-state index contributed by atoms with van der Waals surface area (Å²) in [6.45, 7) is 3.71. The Bertz CT molecular complexity index is 664. The third-order valence-corrected chi connectivity index (χ3v) is 3.07. The summed E-state index contributed by atoms with van der Waals surface area (Å²) >= 11 is 0. The van der Waals surface area contributed by atoms with Crippen molar-refractivity contribution >= 4 is 11.8 Å². The molecule has 2 aromatic carbocycles. The van der Waals surface area contributed by atoms with Gasteiger partial charge in [-0.3, -0.25) is 10.1 Å². The van der Waals surface area contributed by atoms with E-state index in [1.165, 1.54) is 24.3 Å². The van der Waals surface area contributed by atoms with E-state index in [0.29, 0.717) is 0 Å². The fourth-order valence-electron chi connectivity index (χ4n) is 1.81. The molecule has 0 fully saturated rings. The molecule has 6 heteroatoms. The first-order valence-electron chi connectivity index (χ1n) is 6.65. The molecule has 0 bridgehead atoms. The molecule has 0 aliphatic heterocycles. The molecule has 2 aromatic rings. The normalized spacial score (nSPS) is 11.5. The van der Waals surface area contributed by atoms with Crippen LogP contribution < -0.4 is 4.74 Å². The highest BCUT2D eigenvalue weighted by molar-refractivity contribution is 5.64. The molecule has 0 radical (unpaired) electrons. The Morgan fingerprint density at radius 2 is 1.68 bits per heavy atom. The molecule has 114 valence electrons. The molecule has 6 nitrogen and oxygen atoms in total. The minimum absolute atomic E-state index is 0.0752. The molecule has 1 atom stereocenters. The molecular formula is C16H15NO5. The number of non-ortho nitro benzene ring substituents is 1. The van der Waals surface area contributed by atoms with E-state index in [2.05, 4.69) is 0 Å². The number of benzene rings is 2. The second-order valence-electron chi connectivity index (χ2n) is 4.77. The molecule has 0 aromatic heterocycles. The van der Waals surface area contributed by atoms with Gasteiger partial charge < -0.3 is 9.47 Å². The van der Waals surface area contributed by atoms with E-state index in [-0.39, 0.29) is 11.4 Å². The van der Waals surface area contributed by atoms with Gasteiger partial charge in [0.15, 0.2) is 0 Å². The molecule has 0 saturated carbocycles. The summed E-state index contributed by atoms with van der Waals surface area (Å²) in [5.41, 5.74) is 1.89. The number of nitro benzene ring substituents is 1. The summed E-state index contributed by atoms with van der Waals surface area (Å²) < 4.78 is 10.1. The van der Waals surface area contributed by atoms with Crippen molar-refractivity contribution in [3.8, 4) is 5.75 Å². The van der Waals surface area contributed by atoms with Crippen molar-refractivity contribution < 1.29 is 19.2 Å². The molecule has 22 heavy (non-hydrogen) atoms. The van der Waals surface area contributed by atoms with E-state index in [4.69, 9.17) is 9.47 Å². The third kappa shape index (κ3) is 4.05. The fraction of sp³-hybridized carbons (Fsp3) is 0.188. The van der Waals surface area contributed by atoms with Crippen LogP contribution in [0.2, 0.25) is 0 Å². The van der Waals surface area contributed by atoms with E-state index in [0.717, 1.165) is 11.1 Å². The van der Waals surface area contributed by atoms with Gasteiger partial charge in [-0.2, -0.15) is 0 Å². The van der Waals surface area contributed by atoms with Gasteiger partial charge in [0.25, 0.3) is 5.69 Å². The number of ether oxygens (including phenoxy) is 2. The zero-order chi connectivity index (χ0) is 16.1. The highest BCUT2D eigenvalue weighted by Gasteiger charge is 2.14. The molecule has 0 N–H and O–H groups in total. The van der Waals surface area contributed by atoms with Crippen molar-refractivity contribution in [2.45, 2.75) is 20.0 Å². The standard InChI is InChI=1S/C16H15NO5/c1-11-3-5-13(6-4-11)12(2)21-16(18)22-15-9-7-14(8-10-15)17(19)20/h3-10,12H,1-2H3/t12-/m1/s1. The lowest BCUT2D eigenvalue weighted by Crippen LogP contribution is -2.13. The zero-order valence-corrected chi connectivity index (χ0v) is 12.2. The van der Waals surface area contributed by atoms with Gasteiger partial charge in [-0.05, 0) is 31.5 Å². The largest absolute Gasteiger partial charge is 0.514 e. The Hall–Kier alpha value is -2.89. The summed E-state index contributed by atoms with van der Waals surface area (Å²) in [5.74, 6) is 0.187. The maximum absolute atomic E-state index is 11.7. The first-order valence-corrected chi connectivity index (χ1v) is 6.65. The maximum atomic E-state index is 11.7. The predicted octanol–water partition coefficient (Wildman–Crippen LogP) is 4.18. The summed E-state index contributed by atoms with van der Waals surface area (Å²) in [7, 11) is 0. The number of aryl methyl sites for hydroxylation is 1. The van der Waals surface area contributed by atoms with Crippen molar-refractivity contribution in [3.63, 3.8) is 0 Å². The molecule has 0 saturated heterocycles. The minimum atomic E-state index is -0.859. The Morgan fingerprint density at radius 3 is 2.23 bits per heavy atom. The molecule has 0 unspecified atom stereocenters. The quantitative estimate of drug-likeness (QED) is 0.366. The summed E-state index contributed by atoms with van der Waals surface area (Å²) in [4.78, 5) is 21.7. The van der Waals surface area contributed by atoms with Crippen LogP contribution in [0.1, 0.15) is 24.2 Å². The third-order valence-electron chi connectivity index (χ3n) is 3.07. The molecule has 0 aliphatic carbocycles. The van der Waals surface area contributed by atoms with E-state index in [1.54, 1.807) is 6.92 Å². The van der Waals surface area contributed by atoms with Crippen LogP contribution in [0.3, 0.4) is 0 Å². The van der Waals surface area contributed by atoms with Gasteiger partial charge in [0.2, 0.25) is 0 Å². The predicted molar refractivity (Wildman–Crippen MR) is 79.8 cm³/mol. The van der Waals surface area contributed by atoms with Crippen molar-refractivity contribution in [2.24, 2.45) is 0 Å². The van der Waals surface area contributed by atoms with Gasteiger partial charge in [-0.1, -0.05) is 29.8 Å². The van der Waals surface area contributed by atoms with Crippen LogP contribution in [0, 0.1) is 17.0 Å². The molecular weight excluding hydrogens is 286 g/mol. The monoisotopic (exact) mass is 301 g/mol. The van der Waals surface area contributed by atoms with Gasteiger partial charge in [0.05, 0.1) is 4.92 Å². The molecule has 0 aliphatic rings. The summed E-state index contributed by atoms with van der Waals surface area (Å²) in [5, 5.41) is 10.5. The Kier molecular flexibility index (Phi) is 4.73. The first kappa shape index (κ1) is 15.5. The van der Waals surface area contributed by atoms with E-state index in [1.807, 2.05) is 31.2 Å². The van der Waals surface area contributed by atoms with E-state index in [9.17, 15) is 14.9 Å². The lowest BCUT2D eigenvalue weighted by atomic mass is 10.1. The van der Waals surface area contributed by atoms with Crippen molar-refractivity contribution in [1.29, 1.82) is 0 Å². The van der Waals surface area contributed by atoms with Gasteiger partial charge >= 0.3 is 6.16 Å². The number of nitrogens with zero attached hydrogens (tertiary/aromatic N) is 1. The molecule has 0 amide bonds. The second kappa shape index (κ2) is 6.71. The highest BCUT2D eigenvalue weighted by Crippen LogP contribution is 2.21. The van der Waals surface area contributed by atoms with Crippen LogP contribution in [0.25, 0.3) is 0 Å². The second-order valence-corrected chi connectivity index (χ2v) is 4.77. The maximum Gasteiger partial charge on any atom is 0.514 e. The van der Waals surface area contributed by atoms with Crippen molar-refractivity contribution in [1.82, 2.24) is 0 Å². The van der Waals surface area contributed by atoms with Crippen molar-refractivity contribution in [3.05, 3.63) is 69.8 Å². The number of hydrogen-bond donors (Lipinski definition) is 0. The first-order chi connectivity index (χ1) is 10.5. The number of rotatable bonds is 4. The number of nitro groups is 1. The highest BCUT2D eigenvalue weighted by atomic mass is 16.7. The smallest absolute Gasteiger partial charge is 0.426 e. The van der Waals surface area contributed by atoms with E-state index >= 15 is 0 Å². The van der Waals surface area contributed by atoms with Crippen LogP contribution in [0.15, 0.2) is 48.5 Å². The van der Waals surface area contributed by atoms with Crippen LogP contribution in [-0.4, -0.2) is 11.1 Å².